The molecule has 1 atom stereocenters. The summed E-state index contributed by atoms with van der Waals surface area (Å²) in [5, 5.41) is 8.19. The van der Waals surface area contributed by atoms with Gasteiger partial charge in [-0.05, 0) is 19.8 Å². The normalized spacial score (nSPS) is 13.5. The first-order chi connectivity index (χ1) is 4.70. The average molecular weight is 159 g/mol. The highest BCUT2D eigenvalue weighted by Gasteiger charge is 1.93. The van der Waals surface area contributed by atoms with Gasteiger partial charge < -0.3 is 0 Å². The molecule has 0 aliphatic carbocycles. The topological polar surface area (TPSA) is 39.4 Å². The lowest BCUT2D eigenvalue weighted by molar-refractivity contribution is 0.415. The molecule has 0 aromatic carbocycles. The molecule has 0 amide bonds. The van der Waals surface area contributed by atoms with Crippen molar-refractivity contribution in [1.82, 2.24) is 4.90 Å². The van der Waals surface area contributed by atoms with Crippen LogP contribution in [0.2, 0.25) is 0 Å². The predicted molar refractivity (Wildman–Crippen MR) is 44.5 cm³/mol. The maximum atomic E-state index is 8.19. The van der Waals surface area contributed by atoms with Gasteiger partial charge in [0.2, 0.25) is 6.19 Å². The molecule has 0 radical (unpaired) electrons. The quantitative estimate of drug-likeness (QED) is 0.572. The highest BCUT2D eigenvalue weighted by Crippen LogP contribution is 1.87. The van der Waals surface area contributed by atoms with Gasteiger partial charge in [-0.1, -0.05) is 17.6 Å². The SMILES string of the molecule is CCN(C)CS(C)=NC#N. The molecule has 0 aliphatic rings. The van der Waals surface area contributed by atoms with Crippen molar-refractivity contribution < 1.29 is 0 Å². The Morgan fingerprint density at radius 1 is 1.70 bits per heavy atom. The van der Waals surface area contributed by atoms with E-state index in [0.717, 1.165) is 12.4 Å². The van der Waals surface area contributed by atoms with Crippen LogP contribution in [0.3, 0.4) is 0 Å². The smallest absolute Gasteiger partial charge is 0.212 e. The van der Waals surface area contributed by atoms with E-state index in [2.05, 4.69) is 16.2 Å². The molecule has 10 heavy (non-hydrogen) atoms. The third-order valence-corrected chi connectivity index (χ3v) is 2.35. The van der Waals surface area contributed by atoms with E-state index in [1.807, 2.05) is 19.5 Å². The Morgan fingerprint density at radius 2 is 2.30 bits per heavy atom. The Morgan fingerprint density at radius 3 is 2.70 bits per heavy atom. The molecule has 0 spiro atoms. The number of nitrogens with zero attached hydrogens (tertiary/aromatic N) is 3. The molecule has 0 N–H and O–H groups in total. The van der Waals surface area contributed by atoms with Crippen molar-refractivity contribution in [1.29, 1.82) is 5.26 Å². The van der Waals surface area contributed by atoms with Crippen LogP contribution >= 0.6 is 0 Å². The first-order valence-corrected chi connectivity index (χ1v) is 4.87. The van der Waals surface area contributed by atoms with Crippen LogP contribution < -0.4 is 0 Å². The molecule has 0 aromatic heterocycles. The van der Waals surface area contributed by atoms with E-state index < -0.39 is 0 Å². The van der Waals surface area contributed by atoms with Crippen LogP contribution in [-0.4, -0.2) is 30.6 Å². The van der Waals surface area contributed by atoms with Crippen molar-refractivity contribution in [2.24, 2.45) is 4.36 Å². The van der Waals surface area contributed by atoms with Gasteiger partial charge in [-0.15, -0.1) is 0 Å². The molecule has 3 nitrogen and oxygen atoms in total. The largest absolute Gasteiger partial charge is 0.297 e. The molecule has 0 bridgehead atoms. The van der Waals surface area contributed by atoms with Gasteiger partial charge in [-0.25, -0.2) is 0 Å². The highest BCUT2D eigenvalue weighted by molar-refractivity contribution is 7.86. The van der Waals surface area contributed by atoms with Crippen molar-refractivity contribution in [3.63, 3.8) is 0 Å². The first kappa shape index (κ1) is 9.60. The van der Waals surface area contributed by atoms with Gasteiger partial charge in [-0.3, -0.25) is 4.90 Å². The van der Waals surface area contributed by atoms with Crippen LogP contribution in [0.15, 0.2) is 4.36 Å². The summed E-state index contributed by atoms with van der Waals surface area (Å²) in [5.41, 5.74) is 0. The summed E-state index contributed by atoms with van der Waals surface area (Å²) in [6.45, 7) is 3.10. The van der Waals surface area contributed by atoms with E-state index in [1.165, 1.54) is 0 Å². The molecule has 0 aromatic rings. The molecule has 58 valence electrons. The Hall–Kier alpha value is -0.400. The molecule has 0 heterocycles. The van der Waals surface area contributed by atoms with Gasteiger partial charge >= 0.3 is 0 Å². The number of hydrogen-bond donors (Lipinski definition) is 0. The van der Waals surface area contributed by atoms with E-state index >= 15 is 0 Å². The highest BCUT2D eigenvalue weighted by atomic mass is 32.2. The summed E-state index contributed by atoms with van der Waals surface area (Å²) in [5.74, 6) is 0.893. The minimum absolute atomic E-state index is 0.110. The Bertz CT molecular complexity index is 159. The maximum absolute atomic E-state index is 8.19. The van der Waals surface area contributed by atoms with Crippen molar-refractivity contribution in [3.05, 3.63) is 0 Å². The molecule has 0 rings (SSSR count). The van der Waals surface area contributed by atoms with Crippen molar-refractivity contribution in [2.45, 2.75) is 6.92 Å². The predicted octanol–water partition coefficient (Wildman–Crippen LogP) is 0.808. The van der Waals surface area contributed by atoms with E-state index in [-0.39, 0.29) is 10.7 Å². The average Bonchev–Trinajstić information content (AvgIpc) is 1.88. The van der Waals surface area contributed by atoms with Crippen LogP contribution in [0.4, 0.5) is 0 Å². The second-order valence-electron chi connectivity index (χ2n) is 2.09. The van der Waals surface area contributed by atoms with Crippen LogP contribution in [0, 0.1) is 11.5 Å². The molecular formula is C6H13N3S. The summed E-state index contributed by atoms with van der Waals surface area (Å²) >= 11 is 0. The van der Waals surface area contributed by atoms with Crippen molar-refractivity contribution in [2.75, 3.05) is 25.7 Å². The third-order valence-electron chi connectivity index (χ3n) is 1.14. The lowest BCUT2D eigenvalue weighted by atomic mass is 10.7. The van der Waals surface area contributed by atoms with Crippen LogP contribution in [0.25, 0.3) is 0 Å². The fraction of sp³-hybridized carbons (Fsp3) is 0.833. The maximum Gasteiger partial charge on any atom is 0.212 e. The van der Waals surface area contributed by atoms with E-state index in [1.54, 1.807) is 0 Å². The summed E-state index contributed by atoms with van der Waals surface area (Å²) in [7, 11) is 1.91. The van der Waals surface area contributed by atoms with Crippen LogP contribution in [0.5, 0.6) is 0 Å². The molecular weight excluding hydrogens is 146 g/mol. The first-order valence-electron chi connectivity index (χ1n) is 3.11. The lowest BCUT2D eigenvalue weighted by Crippen LogP contribution is -2.21. The van der Waals surface area contributed by atoms with Gasteiger partial charge in [0.15, 0.2) is 0 Å². The van der Waals surface area contributed by atoms with Gasteiger partial charge in [0.1, 0.15) is 0 Å². The molecule has 0 fully saturated rings. The fourth-order valence-electron chi connectivity index (χ4n) is 0.509. The monoisotopic (exact) mass is 159 g/mol. The second kappa shape index (κ2) is 5.39. The van der Waals surface area contributed by atoms with Crippen molar-refractivity contribution >= 4 is 10.7 Å². The van der Waals surface area contributed by atoms with Gasteiger partial charge in [0.05, 0.1) is 5.88 Å². The molecule has 0 aliphatic heterocycles. The Labute approximate surface area is 64.7 Å². The van der Waals surface area contributed by atoms with E-state index in [0.29, 0.717) is 0 Å². The molecule has 0 saturated carbocycles. The zero-order valence-electron chi connectivity index (χ0n) is 6.66. The van der Waals surface area contributed by atoms with E-state index in [9.17, 15) is 0 Å². The lowest BCUT2D eigenvalue weighted by Gasteiger charge is -2.12. The number of rotatable bonds is 3. The summed E-state index contributed by atoms with van der Waals surface area (Å²) in [4.78, 5) is 2.14. The Balaban J connectivity index is 3.70. The van der Waals surface area contributed by atoms with E-state index in [4.69, 9.17) is 5.26 Å². The minimum Gasteiger partial charge on any atom is -0.297 e. The third kappa shape index (κ3) is 4.48. The van der Waals surface area contributed by atoms with Gasteiger partial charge in [0, 0.05) is 0 Å². The second-order valence-corrected chi connectivity index (χ2v) is 3.73. The summed E-state index contributed by atoms with van der Waals surface area (Å²) in [6.07, 6.45) is 3.78. The summed E-state index contributed by atoms with van der Waals surface area (Å²) < 4.78 is 3.70. The summed E-state index contributed by atoms with van der Waals surface area (Å²) in [6, 6.07) is 0. The number of nitriles is 1. The Kier molecular flexibility index (Phi) is 5.17. The minimum atomic E-state index is -0.110. The standard InChI is InChI=1S/C6H13N3S/c1-4-9(2)6-10(3)8-5-7/h4,6H2,1-3H3. The molecule has 0 saturated heterocycles. The zero-order chi connectivity index (χ0) is 7.98. The van der Waals surface area contributed by atoms with Crippen LogP contribution in [0.1, 0.15) is 6.92 Å². The van der Waals surface area contributed by atoms with Crippen molar-refractivity contribution in [3.8, 4) is 6.19 Å². The molecule has 1 unspecified atom stereocenters. The number of hydrogen-bond acceptors (Lipinski definition) is 3. The zero-order valence-corrected chi connectivity index (χ0v) is 7.48. The van der Waals surface area contributed by atoms with Crippen LogP contribution in [-0.2, 0) is 10.7 Å². The fourth-order valence-corrected chi connectivity index (χ4v) is 1.53. The molecule has 4 heteroatoms. The van der Waals surface area contributed by atoms with Gasteiger partial charge in [0.25, 0.3) is 0 Å². The van der Waals surface area contributed by atoms with Gasteiger partial charge in [-0.2, -0.15) is 9.62 Å².